The highest BCUT2D eigenvalue weighted by molar-refractivity contribution is 6.11. The van der Waals surface area contributed by atoms with Crippen molar-refractivity contribution in [2.45, 2.75) is 52.2 Å². The molecule has 2 heterocycles. The molecule has 4 nitrogen and oxygen atoms in total. The van der Waals surface area contributed by atoms with E-state index in [2.05, 4.69) is 26.8 Å². The molecule has 0 amide bonds. The van der Waals surface area contributed by atoms with Gasteiger partial charge in [0, 0.05) is 17.3 Å². The van der Waals surface area contributed by atoms with Gasteiger partial charge >= 0.3 is 5.97 Å². The lowest BCUT2D eigenvalue weighted by Gasteiger charge is -2.64. The first-order valence-corrected chi connectivity index (χ1v) is 7.91. The highest BCUT2D eigenvalue weighted by Crippen LogP contribution is 2.88. The average Bonchev–Trinajstić information content (AvgIpc) is 2.99. The smallest absolute Gasteiger partial charge is 0.324 e. The van der Waals surface area contributed by atoms with Crippen LogP contribution in [-0.2, 0) is 19.1 Å². The van der Waals surface area contributed by atoms with E-state index >= 15 is 0 Å². The number of Topliss-reactive ketones (excluding diaryl/α,β-unsaturated/α-hetero) is 1. The molecule has 21 heavy (non-hydrogen) atoms. The van der Waals surface area contributed by atoms with Crippen molar-refractivity contribution in [3.63, 3.8) is 0 Å². The third-order valence-electron chi connectivity index (χ3n) is 7.24. The van der Waals surface area contributed by atoms with Gasteiger partial charge in [0.2, 0.25) is 0 Å². The maximum Gasteiger partial charge on any atom is 0.324 e. The maximum absolute atomic E-state index is 12.7. The topological polar surface area (TPSA) is 52.6 Å². The van der Waals surface area contributed by atoms with E-state index in [4.69, 9.17) is 9.47 Å². The minimum absolute atomic E-state index is 0.0499. The van der Waals surface area contributed by atoms with Crippen LogP contribution in [-0.4, -0.2) is 24.0 Å². The Morgan fingerprint density at radius 3 is 2.76 bits per heavy atom. The van der Waals surface area contributed by atoms with E-state index < -0.39 is 5.41 Å². The minimum Gasteiger partial charge on any atom is -0.496 e. The number of esters is 1. The van der Waals surface area contributed by atoms with E-state index in [0.717, 1.165) is 12.8 Å². The number of ketones is 1. The standard InChI is InChI=1S/C17H20O4/c1-14(2,3)9-8-11-16-5-4-10(18)17(16,13(19)21-11)12-15(9,16)6-7-20-12/h6-7,9,11-12H,4-5,8H2,1-3H3/t9-,11+,12+,15+,16?,17+/m0/s1. The quantitative estimate of drug-likeness (QED) is 0.506. The molecule has 0 aromatic heterocycles. The zero-order chi connectivity index (χ0) is 14.8. The molecule has 112 valence electrons. The first-order valence-electron chi connectivity index (χ1n) is 7.91. The van der Waals surface area contributed by atoms with Crippen molar-refractivity contribution in [2.24, 2.45) is 27.6 Å². The summed E-state index contributed by atoms with van der Waals surface area (Å²) in [5.41, 5.74) is -1.42. The Kier molecular flexibility index (Phi) is 1.71. The molecular weight excluding hydrogens is 268 g/mol. The van der Waals surface area contributed by atoms with E-state index in [1.807, 2.05) is 0 Å². The van der Waals surface area contributed by atoms with Gasteiger partial charge in [-0.2, -0.15) is 0 Å². The molecule has 0 N–H and O–H groups in total. The fraction of sp³-hybridized carbons (Fsp3) is 0.765. The van der Waals surface area contributed by atoms with Crippen LogP contribution in [0.2, 0.25) is 0 Å². The summed E-state index contributed by atoms with van der Waals surface area (Å²) in [5.74, 6) is 0.117. The van der Waals surface area contributed by atoms with Crippen molar-refractivity contribution in [3.05, 3.63) is 12.3 Å². The van der Waals surface area contributed by atoms with Crippen LogP contribution in [0.1, 0.15) is 40.0 Å². The number of carbonyl (C=O) groups excluding carboxylic acids is 2. The van der Waals surface area contributed by atoms with Crippen LogP contribution >= 0.6 is 0 Å². The predicted octanol–water partition coefficient (Wildman–Crippen LogP) is 2.23. The van der Waals surface area contributed by atoms with Crippen molar-refractivity contribution in [2.75, 3.05) is 0 Å². The van der Waals surface area contributed by atoms with Gasteiger partial charge in [0.05, 0.1) is 6.26 Å². The summed E-state index contributed by atoms with van der Waals surface area (Å²) in [7, 11) is 0. The van der Waals surface area contributed by atoms with Gasteiger partial charge < -0.3 is 9.47 Å². The van der Waals surface area contributed by atoms with Gasteiger partial charge in [-0.25, -0.2) is 0 Å². The van der Waals surface area contributed by atoms with Gasteiger partial charge in [-0.05, 0) is 30.3 Å². The van der Waals surface area contributed by atoms with Gasteiger partial charge in [0.15, 0.2) is 11.2 Å². The fourth-order valence-corrected chi connectivity index (χ4v) is 6.85. The van der Waals surface area contributed by atoms with Crippen molar-refractivity contribution in [1.82, 2.24) is 0 Å². The first-order chi connectivity index (χ1) is 9.83. The second-order valence-corrected chi connectivity index (χ2v) is 8.50. The van der Waals surface area contributed by atoms with Gasteiger partial charge in [-0.3, -0.25) is 9.59 Å². The molecule has 4 fully saturated rings. The zero-order valence-corrected chi connectivity index (χ0v) is 12.6. The van der Waals surface area contributed by atoms with E-state index in [0.29, 0.717) is 12.3 Å². The molecule has 2 spiro atoms. The summed E-state index contributed by atoms with van der Waals surface area (Å²) >= 11 is 0. The van der Waals surface area contributed by atoms with E-state index in [9.17, 15) is 9.59 Å². The molecule has 0 aromatic rings. The number of hydrogen-bond acceptors (Lipinski definition) is 4. The lowest BCUT2D eigenvalue weighted by Crippen LogP contribution is -2.75. The van der Waals surface area contributed by atoms with Crippen molar-refractivity contribution in [1.29, 1.82) is 0 Å². The van der Waals surface area contributed by atoms with Gasteiger partial charge in [-0.1, -0.05) is 20.8 Å². The maximum atomic E-state index is 12.7. The molecule has 4 heteroatoms. The molecule has 3 aliphatic carbocycles. The normalized spacial score (nSPS) is 55.7. The fourth-order valence-electron chi connectivity index (χ4n) is 6.85. The Hall–Kier alpha value is -1.32. The van der Waals surface area contributed by atoms with Crippen LogP contribution in [0.25, 0.3) is 0 Å². The summed E-state index contributed by atoms with van der Waals surface area (Å²) in [4.78, 5) is 25.2. The molecule has 5 rings (SSSR count). The Morgan fingerprint density at radius 2 is 2.05 bits per heavy atom. The first kappa shape index (κ1) is 12.2. The molecule has 0 bridgehead atoms. The Morgan fingerprint density at radius 1 is 1.29 bits per heavy atom. The van der Waals surface area contributed by atoms with Gasteiger partial charge in [0.1, 0.15) is 12.2 Å². The molecule has 3 saturated carbocycles. The lowest BCUT2D eigenvalue weighted by molar-refractivity contribution is -0.237. The second-order valence-electron chi connectivity index (χ2n) is 8.50. The number of ether oxygens (including phenoxy) is 2. The molecule has 1 unspecified atom stereocenters. The summed E-state index contributed by atoms with van der Waals surface area (Å²) in [6.45, 7) is 6.73. The summed E-state index contributed by atoms with van der Waals surface area (Å²) in [6, 6.07) is 0. The van der Waals surface area contributed by atoms with Crippen molar-refractivity contribution < 1.29 is 19.1 Å². The van der Waals surface area contributed by atoms with Crippen LogP contribution < -0.4 is 0 Å². The average molecular weight is 288 g/mol. The highest BCUT2D eigenvalue weighted by atomic mass is 16.6. The van der Waals surface area contributed by atoms with E-state index in [1.54, 1.807) is 6.26 Å². The number of hydrogen-bond donors (Lipinski definition) is 0. The van der Waals surface area contributed by atoms with Crippen LogP contribution in [0.5, 0.6) is 0 Å². The molecule has 2 aliphatic heterocycles. The van der Waals surface area contributed by atoms with E-state index in [-0.39, 0.29) is 40.2 Å². The van der Waals surface area contributed by atoms with Gasteiger partial charge in [0.25, 0.3) is 0 Å². The second kappa shape index (κ2) is 2.92. The Labute approximate surface area is 123 Å². The summed E-state index contributed by atoms with van der Waals surface area (Å²) in [5, 5.41) is 0. The molecule has 0 aromatic carbocycles. The Balaban J connectivity index is 1.80. The lowest BCUT2D eigenvalue weighted by atomic mass is 9.34. The summed E-state index contributed by atoms with van der Waals surface area (Å²) in [6.07, 6.45) is 5.59. The third kappa shape index (κ3) is 0.819. The molecule has 5 aliphatic rings. The van der Waals surface area contributed by atoms with Crippen LogP contribution in [0.4, 0.5) is 0 Å². The molecular formula is C17H20O4. The minimum atomic E-state index is -0.999. The van der Waals surface area contributed by atoms with Crippen LogP contribution in [0, 0.1) is 27.6 Å². The third-order valence-corrected chi connectivity index (χ3v) is 7.24. The molecule has 0 radical (unpaired) electrons. The van der Waals surface area contributed by atoms with Crippen molar-refractivity contribution >= 4 is 11.8 Å². The van der Waals surface area contributed by atoms with E-state index in [1.165, 1.54) is 0 Å². The highest BCUT2D eigenvalue weighted by Gasteiger charge is 2.98. The molecule has 6 atom stereocenters. The van der Waals surface area contributed by atoms with Gasteiger partial charge in [-0.15, -0.1) is 0 Å². The predicted molar refractivity (Wildman–Crippen MR) is 73.0 cm³/mol. The monoisotopic (exact) mass is 288 g/mol. The molecule has 1 saturated heterocycles. The Bertz CT molecular complexity index is 629. The number of carbonyl (C=O) groups is 2. The SMILES string of the molecule is CC(C)(C)[C@@H]1C[C@H]2OC(=O)[C@]34C(=O)CCC23[C@]12C=CO[C@@H]42. The largest absolute Gasteiger partial charge is 0.496 e. The summed E-state index contributed by atoms with van der Waals surface area (Å²) < 4.78 is 11.6. The zero-order valence-electron chi connectivity index (χ0n) is 12.6. The number of rotatable bonds is 0. The van der Waals surface area contributed by atoms with Crippen molar-refractivity contribution in [3.8, 4) is 0 Å². The van der Waals surface area contributed by atoms with Crippen LogP contribution in [0.15, 0.2) is 12.3 Å². The van der Waals surface area contributed by atoms with Crippen LogP contribution in [0.3, 0.4) is 0 Å².